The summed E-state index contributed by atoms with van der Waals surface area (Å²) >= 11 is 6.20. The molecule has 0 radical (unpaired) electrons. The Morgan fingerprint density at radius 3 is 2.68 bits per heavy atom. The number of para-hydroxylation sites is 1. The van der Waals surface area contributed by atoms with Crippen LogP contribution in [0.3, 0.4) is 0 Å². The summed E-state index contributed by atoms with van der Waals surface area (Å²) in [5, 5.41) is 8.00. The van der Waals surface area contributed by atoms with E-state index in [1.807, 2.05) is 18.2 Å². The molecule has 9 nitrogen and oxygen atoms in total. The van der Waals surface area contributed by atoms with Gasteiger partial charge in [0, 0.05) is 24.6 Å². The van der Waals surface area contributed by atoms with Crippen LogP contribution >= 0.6 is 11.6 Å². The van der Waals surface area contributed by atoms with Gasteiger partial charge < -0.3 is 10.1 Å². The molecule has 0 unspecified atom stereocenters. The Balaban J connectivity index is 1.30. The van der Waals surface area contributed by atoms with Crippen molar-refractivity contribution >= 4 is 40.2 Å². The van der Waals surface area contributed by atoms with Gasteiger partial charge in [-0.3, -0.25) is 19.0 Å². The van der Waals surface area contributed by atoms with E-state index < -0.39 is 18.5 Å². The van der Waals surface area contributed by atoms with E-state index >= 15 is 0 Å². The molecule has 2 heterocycles. The van der Waals surface area contributed by atoms with Gasteiger partial charge in [-0.05, 0) is 23.8 Å². The van der Waals surface area contributed by atoms with Gasteiger partial charge in [0.1, 0.15) is 11.6 Å². The zero-order valence-electron chi connectivity index (χ0n) is 18.4. The summed E-state index contributed by atoms with van der Waals surface area (Å²) in [7, 11) is 1.61. The van der Waals surface area contributed by atoms with Gasteiger partial charge in [0.25, 0.3) is 11.5 Å². The summed E-state index contributed by atoms with van der Waals surface area (Å²) in [5.74, 6) is -0.141. The van der Waals surface area contributed by atoms with Gasteiger partial charge in [-0.15, -0.1) is 0 Å². The molecule has 0 aliphatic heterocycles. The molecule has 1 N–H and O–H groups in total. The van der Waals surface area contributed by atoms with E-state index in [1.54, 1.807) is 54.3 Å². The highest BCUT2D eigenvalue weighted by Crippen LogP contribution is 2.18. The zero-order chi connectivity index (χ0) is 24.1. The molecule has 0 fully saturated rings. The Hall–Kier alpha value is -3.98. The molecule has 0 bridgehead atoms. The SMILES string of the molecule is Cn1c(CCC(=O)OCC(=O)Nc2ccnn2Cc2ccccc2Cl)nc2ccccc2c1=O. The van der Waals surface area contributed by atoms with Gasteiger partial charge in [0.2, 0.25) is 0 Å². The first-order valence-electron chi connectivity index (χ1n) is 10.6. The molecule has 4 aromatic rings. The molecule has 0 saturated carbocycles. The highest BCUT2D eigenvalue weighted by Gasteiger charge is 2.14. The number of carbonyl (C=O) groups excluding carboxylic acids is 2. The third-order valence-corrected chi connectivity index (χ3v) is 5.62. The van der Waals surface area contributed by atoms with E-state index in [1.165, 1.54) is 4.57 Å². The maximum Gasteiger partial charge on any atom is 0.306 e. The van der Waals surface area contributed by atoms with Gasteiger partial charge >= 0.3 is 5.97 Å². The number of aromatic nitrogens is 4. The standard InChI is InChI=1S/C24H22ClN5O4/c1-29-20(27-19-9-5-3-7-17(19)24(29)33)10-11-23(32)34-15-22(31)28-21-12-13-26-30(21)14-16-6-2-4-8-18(16)25/h2-9,12-13H,10-11,14-15H2,1H3,(H,28,31). The second kappa shape index (κ2) is 10.3. The molecule has 0 saturated heterocycles. The van der Waals surface area contributed by atoms with Gasteiger partial charge in [0.15, 0.2) is 6.61 Å². The molecule has 1 amide bonds. The maximum absolute atomic E-state index is 12.5. The van der Waals surface area contributed by atoms with Crippen LogP contribution in [0.15, 0.2) is 65.6 Å². The molecule has 2 aromatic heterocycles. The van der Waals surface area contributed by atoms with E-state index in [2.05, 4.69) is 15.4 Å². The summed E-state index contributed by atoms with van der Waals surface area (Å²) in [5.41, 5.74) is 1.25. The van der Waals surface area contributed by atoms with E-state index in [-0.39, 0.29) is 18.4 Å². The largest absolute Gasteiger partial charge is 0.456 e. The summed E-state index contributed by atoms with van der Waals surface area (Å²) in [6, 6.07) is 16.0. The predicted octanol–water partition coefficient (Wildman–Crippen LogP) is 2.95. The van der Waals surface area contributed by atoms with Crippen molar-refractivity contribution in [2.24, 2.45) is 7.05 Å². The first-order valence-corrected chi connectivity index (χ1v) is 11.0. The smallest absolute Gasteiger partial charge is 0.306 e. The minimum Gasteiger partial charge on any atom is -0.456 e. The number of nitrogens with one attached hydrogen (secondary N) is 1. The van der Waals surface area contributed by atoms with Crippen LogP contribution in [-0.2, 0) is 34.3 Å². The van der Waals surface area contributed by atoms with Gasteiger partial charge in [-0.1, -0.05) is 41.9 Å². The number of amides is 1. The molecule has 0 atom stereocenters. The fourth-order valence-corrected chi connectivity index (χ4v) is 3.65. The number of carbonyl (C=O) groups is 2. The quantitative estimate of drug-likeness (QED) is 0.389. The summed E-state index contributed by atoms with van der Waals surface area (Å²) in [4.78, 5) is 41.4. The van der Waals surface area contributed by atoms with E-state index in [0.29, 0.717) is 34.1 Å². The lowest BCUT2D eigenvalue weighted by atomic mass is 10.2. The molecule has 174 valence electrons. The van der Waals surface area contributed by atoms with Crippen LogP contribution in [-0.4, -0.2) is 37.8 Å². The Labute approximate surface area is 199 Å². The molecule has 4 rings (SSSR count). The van der Waals surface area contributed by atoms with Crippen molar-refractivity contribution in [3.05, 3.63) is 87.6 Å². The van der Waals surface area contributed by atoms with Crippen LogP contribution in [0.5, 0.6) is 0 Å². The Kier molecular flexibility index (Phi) is 7.03. The van der Waals surface area contributed by atoms with Gasteiger partial charge in [0.05, 0.1) is 30.1 Å². The number of aryl methyl sites for hydroxylation is 1. The minimum atomic E-state index is -0.567. The van der Waals surface area contributed by atoms with E-state index in [0.717, 1.165) is 5.56 Å². The van der Waals surface area contributed by atoms with Gasteiger partial charge in [-0.2, -0.15) is 5.10 Å². The third-order valence-electron chi connectivity index (χ3n) is 5.25. The fourth-order valence-electron chi connectivity index (χ4n) is 3.45. The van der Waals surface area contributed by atoms with E-state index in [4.69, 9.17) is 16.3 Å². The number of nitrogens with zero attached hydrogens (tertiary/aromatic N) is 4. The summed E-state index contributed by atoms with van der Waals surface area (Å²) in [6.45, 7) is -0.0697. The highest BCUT2D eigenvalue weighted by atomic mass is 35.5. The molecular weight excluding hydrogens is 458 g/mol. The molecular formula is C24H22ClN5O4. The lowest BCUT2D eigenvalue weighted by Crippen LogP contribution is -2.24. The van der Waals surface area contributed by atoms with Crippen molar-refractivity contribution < 1.29 is 14.3 Å². The van der Waals surface area contributed by atoms with Crippen molar-refractivity contribution in [1.29, 1.82) is 0 Å². The Morgan fingerprint density at radius 2 is 1.85 bits per heavy atom. The van der Waals surface area contributed by atoms with Crippen LogP contribution in [0.2, 0.25) is 5.02 Å². The van der Waals surface area contributed by atoms with Crippen molar-refractivity contribution in [2.45, 2.75) is 19.4 Å². The van der Waals surface area contributed by atoms with Crippen LogP contribution in [0.4, 0.5) is 5.82 Å². The van der Waals surface area contributed by atoms with Crippen LogP contribution in [0.1, 0.15) is 17.8 Å². The summed E-state index contributed by atoms with van der Waals surface area (Å²) in [6.07, 6.45) is 1.75. The Morgan fingerprint density at radius 1 is 1.09 bits per heavy atom. The molecule has 34 heavy (non-hydrogen) atoms. The van der Waals surface area contributed by atoms with Crippen molar-refractivity contribution in [3.63, 3.8) is 0 Å². The van der Waals surface area contributed by atoms with Crippen molar-refractivity contribution in [3.8, 4) is 0 Å². The van der Waals surface area contributed by atoms with Crippen LogP contribution in [0.25, 0.3) is 10.9 Å². The molecule has 10 heteroatoms. The first kappa shape index (κ1) is 23.2. The monoisotopic (exact) mass is 479 g/mol. The topological polar surface area (TPSA) is 108 Å². The number of benzene rings is 2. The minimum absolute atomic E-state index is 0.0175. The summed E-state index contributed by atoms with van der Waals surface area (Å²) < 4.78 is 8.10. The van der Waals surface area contributed by atoms with Crippen molar-refractivity contribution in [1.82, 2.24) is 19.3 Å². The average molecular weight is 480 g/mol. The van der Waals surface area contributed by atoms with Crippen LogP contribution in [0, 0.1) is 0 Å². The second-order valence-electron chi connectivity index (χ2n) is 7.58. The van der Waals surface area contributed by atoms with Crippen LogP contribution < -0.4 is 10.9 Å². The zero-order valence-corrected chi connectivity index (χ0v) is 19.2. The molecule has 0 spiro atoms. The number of halogens is 1. The number of ether oxygens (including phenoxy) is 1. The Bertz CT molecular complexity index is 1410. The normalized spacial score (nSPS) is 10.9. The average Bonchev–Trinajstić information content (AvgIpc) is 3.27. The number of hydrogen-bond acceptors (Lipinski definition) is 6. The number of esters is 1. The van der Waals surface area contributed by atoms with Crippen molar-refractivity contribution in [2.75, 3.05) is 11.9 Å². The predicted molar refractivity (Wildman–Crippen MR) is 128 cm³/mol. The fraction of sp³-hybridized carbons (Fsp3) is 0.208. The molecule has 2 aromatic carbocycles. The number of anilines is 1. The lowest BCUT2D eigenvalue weighted by molar-refractivity contribution is -0.147. The second-order valence-corrected chi connectivity index (χ2v) is 7.99. The molecule has 0 aliphatic rings. The highest BCUT2D eigenvalue weighted by molar-refractivity contribution is 6.31. The number of fused-ring (bicyclic) bond motifs is 1. The van der Waals surface area contributed by atoms with E-state index in [9.17, 15) is 14.4 Å². The molecule has 0 aliphatic carbocycles. The first-order chi connectivity index (χ1) is 16.4. The number of hydrogen-bond donors (Lipinski definition) is 1. The van der Waals surface area contributed by atoms with Gasteiger partial charge in [-0.25, -0.2) is 9.67 Å². The lowest BCUT2D eigenvalue weighted by Gasteiger charge is -2.11. The number of rotatable bonds is 8. The third kappa shape index (κ3) is 5.32. The maximum atomic E-state index is 12.5.